The fourth-order valence-corrected chi connectivity index (χ4v) is 5.59. The maximum atomic E-state index is 12.7. The Morgan fingerprint density at radius 3 is 2.45 bits per heavy atom. The van der Waals surface area contributed by atoms with Crippen molar-refractivity contribution in [2.24, 2.45) is 0 Å². The molecule has 0 radical (unpaired) electrons. The molecule has 1 aliphatic heterocycles. The molecule has 2 aromatic rings. The van der Waals surface area contributed by atoms with E-state index in [4.69, 9.17) is 16.0 Å². The standard InChI is InChI=1S/C24H34ClN5O2Si/c1-24(2,3)33(4,5)32-20-12-8-18(9-13-20)27-22-26-14-16-15-30(23(31)29-21(16)28-22)19-10-6-17(25)7-11-19/h6-7,10-11,14,18,20H,8-9,12-13,15H2,1-5H3,(H2,26,27,28,29,31). The molecule has 1 saturated carbocycles. The van der Waals surface area contributed by atoms with Gasteiger partial charge in [0.2, 0.25) is 5.95 Å². The van der Waals surface area contributed by atoms with Gasteiger partial charge in [-0.1, -0.05) is 32.4 Å². The minimum absolute atomic E-state index is 0.210. The van der Waals surface area contributed by atoms with Crippen molar-refractivity contribution in [1.82, 2.24) is 9.97 Å². The number of anilines is 3. The minimum Gasteiger partial charge on any atom is -0.414 e. The maximum absolute atomic E-state index is 12.7. The summed E-state index contributed by atoms with van der Waals surface area (Å²) in [6.07, 6.45) is 6.27. The topological polar surface area (TPSA) is 79.4 Å². The minimum atomic E-state index is -1.74. The fraction of sp³-hybridized carbons (Fsp3) is 0.542. The number of amides is 2. The third-order valence-electron chi connectivity index (χ3n) is 7.08. The molecule has 0 atom stereocenters. The van der Waals surface area contributed by atoms with Crippen LogP contribution in [0.3, 0.4) is 0 Å². The lowest BCUT2D eigenvalue weighted by Gasteiger charge is -2.41. The first-order valence-corrected chi connectivity index (χ1v) is 14.9. The van der Waals surface area contributed by atoms with Crippen molar-refractivity contribution in [3.63, 3.8) is 0 Å². The van der Waals surface area contributed by atoms with Crippen LogP contribution < -0.4 is 15.5 Å². The van der Waals surface area contributed by atoms with Crippen molar-refractivity contribution in [2.75, 3.05) is 15.5 Å². The van der Waals surface area contributed by atoms with E-state index in [0.717, 1.165) is 36.9 Å². The third kappa shape index (κ3) is 5.50. The molecule has 0 unspecified atom stereocenters. The lowest BCUT2D eigenvalue weighted by Crippen LogP contribution is -2.45. The quantitative estimate of drug-likeness (QED) is 0.475. The average Bonchev–Trinajstić information content (AvgIpc) is 2.74. The van der Waals surface area contributed by atoms with Gasteiger partial charge in [0, 0.05) is 34.6 Å². The van der Waals surface area contributed by atoms with Gasteiger partial charge in [-0.05, 0) is 68.1 Å². The highest BCUT2D eigenvalue weighted by molar-refractivity contribution is 6.74. The molecule has 0 saturated heterocycles. The number of halogens is 1. The van der Waals surface area contributed by atoms with Gasteiger partial charge in [0.15, 0.2) is 8.32 Å². The molecule has 178 valence electrons. The van der Waals surface area contributed by atoms with Crippen LogP contribution in [0.5, 0.6) is 0 Å². The number of nitrogens with one attached hydrogen (secondary N) is 2. The summed E-state index contributed by atoms with van der Waals surface area (Å²) in [5, 5.41) is 7.22. The second-order valence-corrected chi connectivity index (χ2v) is 15.7. The van der Waals surface area contributed by atoms with Gasteiger partial charge in [0.1, 0.15) is 5.82 Å². The van der Waals surface area contributed by atoms with Crippen molar-refractivity contribution in [3.8, 4) is 0 Å². The number of carbonyl (C=O) groups excluding carboxylic acids is 1. The SMILES string of the molecule is CC(C)(C)[Si](C)(C)OC1CCC(Nc2ncc3c(n2)NC(=O)N(c2ccc(Cl)cc2)C3)CC1. The summed E-state index contributed by atoms with van der Waals surface area (Å²) in [4.78, 5) is 23.4. The Kier molecular flexibility index (Phi) is 6.71. The van der Waals surface area contributed by atoms with E-state index >= 15 is 0 Å². The second kappa shape index (κ2) is 9.23. The second-order valence-electron chi connectivity index (χ2n) is 10.6. The molecule has 1 aliphatic carbocycles. The molecule has 33 heavy (non-hydrogen) atoms. The van der Waals surface area contributed by atoms with Gasteiger partial charge in [-0.2, -0.15) is 4.98 Å². The molecule has 2 N–H and O–H groups in total. The van der Waals surface area contributed by atoms with Crippen LogP contribution in [0.2, 0.25) is 23.2 Å². The number of rotatable bonds is 5. The Balaban J connectivity index is 1.35. The largest absolute Gasteiger partial charge is 0.414 e. The van der Waals surface area contributed by atoms with Crippen LogP contribution in [0.25, 0.3) is 0 Å². The number of urea groups is 1. The van der Waals surface area contributed by atoms with Crippen LogP contribution in [0, 0.1) is 0 Å². The van der Waals surface area contributed by atoms with Crippen LogP contribution in [0.1, 0.15) is 52.0 Å². The molecule has 0 spiro atoms. The van der Waals surface area contributed by atoms with E-state index in [9.17, 15) is 4.79 Å². The number of carbonyl (C=O) groups is 1. The molecule has 7 nitrogen and oxygen atoms in total. The van der Waals surface area contributed by atoms with Gasteiger partial charge in [-0.3, -0.25) is 10.2 Å². The normalized spacial score (nSPS) is 21.4. The summed E-state index contributed by atoms with van der Waals surface area (Å²) in [5.41, 5.74) is 1.66. The van der Waals surface area contributed by atoms with E-state index in [1.807, 2.05) is 12.1 Å². The predicted octanol–water partition coefficient (Wildman–Crippen LogP) is 6.43. The summed E-state index contributed by atoms with van der Waals surface area (Å²) in [6.45, 7) is 11.9. The number of hydrogen-bond donors (Lipinski definition) is 2. The van der Waals surface area contributed by atoms with E-state index in [1.165, 1.54) is 0 Å². The number of fused-ring (bicyclic) bond motifs is 1. The first kappa shape index (κ1) is 24.0. The smallest absolute Gasteiger partial charge is 0.327 e. The average molecular weight is 488 g/mol. The van der Waals surface area contributed by atoms with E-state index in [0.29, 0.717) is 35.5 Å². The summed E-state index contributed by atoms with van der Waals surface area (Å²) in [6, 6.07) is 7.30. The first-order valence-electron chi connectivity index (χ1n) is 11.7. The van der Waals surface area contributed by atoms with Crippen LogP contribution in [-0.2, 0) is 11.0 Å². The van der Waals surface area contributed by atoms with Gasteiger partial charge in [0.05, 0.1) is 6.54 Å². The van der Waals surface area contributed by atoms with Crippen molar-refractivity contribution < 1.29 is 9.22 Å². The van der Waals surface area contributed by atoms with Crippen molar-refractivity contribution in [2.45, 2.75) is 83.3 Å². The third-order valence-corrected chi connectivity index (χ3v) is 11.9. The van der Waals surface area contributed by atoms with Crippen LogP contribution >= 0.6 is 11.6 Å². The summed E-state index contributed by atoms with van der Waals surface area (Å²) in [7, 11) is -1.74. The zero-order valence-electron chi connectivity index (χ0n) is 20.1. The lowest BCUT2D eigenvalue weighted by molar-refractivity contribution is 0.133. The van der Waals surface area contributed by atoms with Crippen molar-refractivity contribution >= 4 is 43.4 Å². The molecule has 1 fully saturated rings. The lowest BCUT2D eigenvalue weighted by atomic mass is 9.93. The Labute approximate surface area is 202 Å². The Bertz CT molecular complexity index is 1000. The molecule has 4 rings (SSSR count). The van der Waals surface area contributed by atoms with Gasteiger partial charge in [0.25, 0.3) is 0 Å². The number of hydrogen-bond acceptors (Lipinski definition) is 5. The van der Waals surface area contributed by atoms with Gasteiger partial charge in [-0.25, -0.2) is 9.78 Å². The summed E-state index contributed by atoms with van der Waals surface area (Å²) >= 11 is 5.97. The van der Waals surface area contributed by atoms with Crippen LogP contribution in [0.4, 0.5) is 22.2 Å². The van der Waals surface area contributed by atoms with Crippen molar-refractivity contribution in [1.29, 1.82) is 0 Å². The van der Waals surface area contributed by atoms with Gasteiger partial charge < -0.3 is 9.74 Å². The highest BCUT2D eigenvalue weighted by Gasteiger charge is 2.39. The van der Waals surface area contributed by atoms with Crippen LogP contribution in [-0.4, -0.2) is 36.5 Å². The fourth-order valence-electron chi connectivity index (χ4n) is 4.04. The molecule has 1 aromatic heterocycles. The predicted molar refractivity (Wildman–Crippen MR) is 137 cm³/mol. The van der Waals surface area contributed by atoms with E-state index in [-0.39, 0.29) is 11.1 Å². The number of nitrogens with zero attached hydrogens (tertiary/aromatic N) is 3. The molecule has 2 amide bonds. The molecular weight excluding hydrogens is 454 g/mol. The zero-order valence-corrected chi connectivity index (χ0v) is 21.9. The maximum Gasteiger partial charge on any atom is 0.327 e. The Hall–Kier alpha value is -2.16. The Morgan fingerprint density at radius 1 is 1.15 bits per heavy atom. The molecule has 9 heteroatoms. The van der Waals surface area contributed by atoms with Crippen LogP contribution in [0.15, 0.2) is 30.5 Å². The number of benzene rings is 1. The summed E-state index contributed by atoms with van der Waals surface area (Å²) in [5.74, 6) is 1.13. The highest BCUT2D eigenvalue weighted by Crippen LogP contribution is 2.39. The molecule has 2 heterocycles. The van der Waals surface area contributed by atoms with Crippen molar-refractivity contribution in [3.05, 3.63) is 41.0 Å². The Morgan fingerprint density at radius 2 is 1.82 bits per heavy atom. The highest BCUT2D eigenvalue weighted by atomic mass is 35.5. The van der Waals surface area contributed by atoms with E-state index in [2.05, 4.69) is 54.5 Å². The molecule has 2 aliphatic rings. The van der Waals surface area contributed by atoms with Gasteiger partial charge >= 0.3 is 6.03 Å². The molecule has 0 bridgehead atoms. The monoisotopic (exact) mass is 487 g/mol. The zero-order chi connectivity index (χ0) is 23.8. The van der Waals surface area contributed by atoms with E-state index in [1.54, 1.807) is 23.2 Å². The number of aromatic nitrogens is 2. The molecule has 1 aromatic carbocycles. The van der Waals surface area contributed by atoms with Gasteiger partial charge in [-0.15, -0.1) is 0 Å². The summed E-state index contributed by atoms with van der Waals surface area (Å²) < 4.78 is 6.60. The van der Waals surface area contributed by atoms with E-state index < -0.39 is 8.32 Å². The first-order chi connectivity index (χ1) is 15.5. The molecular formula is C24H34ClN5O2Si.